The first-order valence-electron chi connectivity index (χ1n) is 11.2. The summed E-state index contributed by atoms with van der Waals surface area (Å²) in [6.07, 6.45) is 6.62. The first-order valence-corrected chi connectivity index (χ1v) is 11.2. The van der Waals surface area contributed by atoms with Gasteiger partial charge in [-0.25, -0.2) is 0 Å². The molecule has 6 aliphatic rings. The van der Waals surface area contributed by atoms with E-state index < -0.39 is 17.1 Å². The minimum Gasteiger partial charge on any atom is -0.493 e. The SMILES string of the molecule is CCOC(=O)C1C[C@@]23CC[C@]1(O)[C@@]1(C)Oc4c(OC)ccc5c4[C@]21CCC[C@@H]3C5. The van der Waals surface area contributed by atoms with Crippen LogP contribution in [0, 0.1) is 17.3 Å². The van der Waals surface area contributed by atoms with E-state index in [4.69, 9.17) is 14.2 Å². The van der Waals surface area contributed by atoms with Crippen molar-refractivity contribution in [1.82, 2.24) is 0 Å². The second-order valence-electron chi connectivity index (χ2n) is 10.1. The first kappa shape index (κ1) is 18.1. The van der Waals surface area contributed by atoms with Crippen molar-refractivity contribution in [2.75, 3.05) is 13.7 Å². The summed E-state index contributed by atoms with van der Waals surface area (Å²) in [5, 5.41) is 12.2. The van der Waals surface area contributed by atoms with Crippen LogP contribution < -0.4 is 9.47 Å². The highest BCUT2D eigenvalue weighted by Gasteiger charge is 2.85. The summed E-state index contributed by atoms with van der Waals surface area (Å²) in [6.45, 7) is 4.24. The molecule has 156 valence electrons. The normalized spacial score (nSPS) is 45.4. The molecule has 1 aromatic rings. The van der Waals surface area contributed by atoms with Gasteiger partial charge < -0.3 is 19.3 Å². The highest BCUT2D eigenvalue weighted by molar-refractivity contribution is 5.77. The van der Waals surface area contributed by atoms with Crippen LogP contribution in [-0.2, 0) is 21.4 Å². The maximum Gasteiger partial charge on any atom is 0.312 e. The van der Waals surface area contributed by atoms with Gasteiger partial charge in [0.1, 0.15) is 11.2 Å². The number of rotatable bonds is 3. The second kappa shape index (κ2) is 5.29. The Morgan fingerprint density at radius 1 is 1.31 bits per heavy atom. The van der Waals surface area contributed by atoms with E-state index in [0.29, 0.717) is 25.4 Å². The summed E-state index contributed by atoms with van der Waals surface area (Å²) in [4.78, 5) is 13.0. The Bertz CT molecular complexity index is 926. The first-order chi connectivity index (χ1) is 13.9. The average Bonchev–Trinajstić information content (AvgIpc) is 2.98. The molecule has 7 rings (SSSR count). The average molecular weight is 398 g/mol. The van der Waals surface area contributed by atoms with E-state index in [2.05, 4.69) is 13.0 Å². The maximum absolute atomic E-state index is 13.0. The number of ether oxygens (including phenoxy) is 3. The topological polar surface area (TPSA) is 65.0 Å². The number of hydrogen-bond acceptors (Lipinski definition) is 5. The Balaban J connectivity index is 1.66. The molecule has 0 saturated heterocycles. The van der Waals surface area contributed by atoms with Gasteiger partial charge in [-0.15, -0.1) is 0 Å². The maximum atomic E-state index is 13.0. The van der Waals surface area contributed by atoms with Gasteiger partial charge in [0.15, 0.2) is 11.5 Å². The molecule has 1 heterocycles. The minimum atomic E-state index is -1.23. The molecule has 0 radical (unpaired) electrons. The Morgan fingerprint density at radius 3 is 2.90 bits per heavy atom. The third-order valence-corrected chi connectivity index (χ3v) is 9.67. The van der Waals surface area contributed by atoms with E-state index in [-0.39, 0.29) is 16.8 Å². The molecule has 0 aromatic heterocycles. The van der Waals surface area contributed by atoms with E-state index in [9.17, 15) is 9.90 Å². The molecule has 1 aromatic carbocycles. The van der Waals surface area contributed by atoms with E-state index >= 15 is 0 Å². The van der Waals surface area contributed by atoms with Gasteiger partial charge in [0.05, 0.1) is 19.6 Å². The van der Waals surface area contributed by atoms with E-state index in [1.54, 1.807) is 7.11 Å². The number of fused-ring (bicyclic) bond motifs is 2. The quantitative estimate of drug-likeness (QED) is 0.789. The second-order valence-corrected chi connectivity index (χ2v) is 10.1. The van der Waals surface area contributed by atoms with Crippen molar-refractivity contribution < 1.29 is 24.1 Å². The molecular weight excluding hydrogens is 368 g/mol. The Morgan fingerprint density at radius 2 is 2.14 bits per heavy atom. The zero-order valence-electron chi connectivity index (χ0n) is 17.5. The van der Waals surface area contributed by atoms with Crippen molar-refractivity contribution in [1.29, 1.82) is 0 Å². The lowest BCUT2D eigenvalue weighted by molar-refractivity contribution is -0.303. The number of benzene rings is 1. The fourth-order valence-electron chi connectivity index (χ4n) is 8.70. The third-order valence-electron chi connectivity index (χ3n) is 9.67. The van der Waals surface area contributed by atoms with Gasteiger partial charge in [-0.2, -0.15) is 0 Å². The lowest BCUT2D eigenvalue weighted by atomic mass is 9.29. The number of esters is 1. The van der Waals surface area contributed by atoms with Crippen LogP contribution in [0.2, 0.25) is 0 Å². The van der Waals surface area contributed by atoms with E-state index in [1.807, 2.05) is 13.0 Å². The molecule has 1 aliphatic heterocycles. The molecule has 2 spiro atoms. The molecule has 4 bridgehead atoms. The largest absolute Gasteiger partial charge is 0.493 e. The lowest BCUT2D eigenvalue weighted by Crippen LogP contribution is -2.83. The van der Waals surface area contributed by atoms with Crippen LogP contribution in [0.4, 0.5) is 0 Å². The molecule has 5 aliphatic carbocycles. The van der Waals surface area contributed by atoms with Crippen molar-refractivity contribution in [2.24, 2.45) is 17.3 Å². The third kappa shape index (κ3) is 1.63. The zero-order chi connectivity index (χ0) is 20.2. The van der Waals surface area contributed by atoms with Gasteiger partial charge in [-0.1, -0.05) is 12.5 Å². The van der Waals surface area contributed by atoms with Gasteiger partial charge in [-0.05, 0) is 75.3 Å². The van der Waals surface area contributed by atoms with Crippen molar-refractivity contribution in [3.63, 3.8) is 0 Å². The van der Waals surface area contributed by atoms with Crippen LogP contribution in [0.1, 0.15) is 63.5 Å². The molecule has 6 atom stereocenters. The number of methoxy groups -OCH3 is 1. The van der Waals surface area contributed by atoms with Crippen LogP contribution in [0.5, 0.6) is 11.5 Å². The van der Waals surface area contributed by atoms with Crippen LogP contribution in [-0.4, -0.2) is 36.0 Å². The molecular formula is C24H30O5. The fourth-order valence-corrected chi connectivity index (χ4v) is 8.70. The Labute approximate surface area is 171 Å². The smallest absolute Gasteiger partial charge is 0.312 e. The fraction of sp³-hybridized carbons (Fsp3) is 0.708. The predicted octanol–water partition coefficient (Wildman–Crippen LogP) is 3.53. The molecule has 5 nitrogen and oxygen atoms in total. The number of hydrogen-bond donors (Lipinski definition) is 1. The van der Waals surface area contributed by atoms with Crippen LogP contribution in [0.3, 0.4) is 0 Å². The molecule has 4 fully saturated rings. The predicted molar refractivity (Wildman–Crippen MR) is 106 cm³/mol. The van der Waals surface area contributed by atoms with Gasteiger partial charge in [0.25, 0.3) is 0 Å². The number of carbonyl (C=O) groups excluding carboxylic acids is 1. The monoisotopic (exact) mass is 398 g/mol. The van der Waals surface area contributed by atoms with E-state index in [0.717, 1.165) is 37.2 Å². The van der Waals surface area contributed by atoms with Crippen molar-refractivity contribution >= 4 is 5.97 Å². The molecule has 4 saturated carbocycles. The minimum absolute atomic E-state index is 0.0213. The Hall–Kier alpha value is -1.75. The van der Waals surface area contributed by atoms with Crippen LogP contribution in [0.25, 0.3) is 0 Å². The zero-order valence-corrected chi connectivity index (χ0v) is 17.5. The molecule has 0 amide bonds. The number of carbonyl (C=O) groups is 1. The van der Waals surface area contributed by atoms with Gasteiger partial charge in [0.2, 0.25) is 0 Å². The summed E-state index contributed by atoms with van der Waals surface area (Å²) >= 11 is 0. The summed E-state index contributed by atoms with van der Waals surface area (Å²) in [5.74, 6) is 1.27. The molecule has 1 N–H and O–H groups in total. The van der Waals surface area contributed by atoms with Crippen molar-refractivity contribution in [3.05, 3.63) is 23.3 Å². The highest BCUT2D eigenvalue weighted by atomic mass is 16.6. The summed E-state index contributed by atoms with van der Waals surface area (Å²) < 4.78 is 17.9. The van der Waals surface area contributed by atoms with Gasteiger partial charge in [-0.3, -0.25) is 4.79 Å². The molecule has 29 heavy (non-hydrogen) atoms. The van der Waals surface area contributed by atoms with Crippen molar-refractivity contribution in [3.8, 4) is 11.5 Å². The van der Waals surface area contributed by atoms with Gasteiger partial charge >= 0.3 is 5.97 Å². The van der Waals surface area contributed by atoms with Crippen LogP contribution in [0.15, 0.2) is 12.1 Å². The summed E-state index contributed by atoms with van der Waals surface area (Å²) in [5.41, 5.74) is 0.266. The lowest BCUT2D eigenvalue weighted by Gasteiger charge is -2.74. The number of aliphatic hydroxyl groups is 1. The molecule has 1 unspecified atom stereocenters. The Kier molecular flexibility index (Phi) is 3.29. The molecule has 5 heteroatoms. The summed E-state index contributed by atoms with van der Waals surface area (Å²) in [7, 11) is 1.68. The van der Waals surface area contributed by atoms with E-state index in [1.165, 1.54) is 17.5 Å². The highest BCUT2D eigenvalue weighted by Crippen LogP contribution is 2.81. The summed E-state index contributed by atoms with van der Waals surface area (Å²) in [6, 6.07) is 4.21. The van der Waals surface area contributed by atoms with Gasteiger partial charge in [0, 0.05) is 11.0 Å². The van der Waals surface area contributed by atoms with Crippen molar-refractivity contribution in [2.45, 2.75) is 75.4 Å². The van der Waals surface area contributed by atoms with Crippen LogP contribution >= 0.6 is 0 Å². The standard InChI is InChI=1S/C24H30O5/c1-4-28-20(25)16-13-22-10-11-24(16,26)21(2)23(22)9-5-6-15(22)12-14-7-8-17(27-3)19(29-21)18(14)23/h7-8,15-16,26H,4-6,9-13H2,1-3H3/t15-,16?,21+,22-,23+,24-/m1/s1.